The van der Waals surface area contributed by atoms with Crippen LogP contribution in [0.25, 0.3) is 0 Å². The molecule has 1 aromatic carbocycles. The van der Waals surface area contributed by atoms with Gasteiger partial charge in [-0.15, -0.1) is 10.2 Å². The van der Waals surface area contributed by atoms with Gasteiger partial charge in [0.2, 0.25) is 23.6 Å². The highest BCUT2D eigenvalue weighted by Crippen LogP contribution is 2.64. The summed E-state index contributed by atoms with van der Waals surface area (Å²) in [7, 11) is 1.54. The van der Waals surface area contributed by atoms with E-state index in [1.54, 1.807) is 19.2 Å². The van der Waals surface area contributed by atoms with Crippen LogP contribution in [-0.4, -0.2) is 58.3 Å². The van der Waals surface area contributed by atoms with Crippen LogP contribution in [0.4, 0.5) is 10.1 Å². The number of nitrogens with one attached hydrogen (secondary N) is 3. The number of methoxy groups -OCH3 is 1. The molecule has 1 saturated carbocycles. The maximum absolute atomic E-state index is 16.1. The van der Waals surface area contributed by atoms with Gasteiger partial charge >= 0.3 is 0 Å². The molecule has 47 heavy (non-hydrogen) atoms. The normalized spacial score (nSPS) is 29.2. The molecule has 3 aromatic rings. The van der Waals surface area contributed by atoms with Gasteiger partial charge < -0.3 is 24.5 Å². The molecular weight excluding hydrogens is 650 g/mol. The summed E-state index contributed by atoms with van der Waals surface area (Å²) in [4.78, 5) is 33.0. The lowest BCUT2D eigenvalue weighted by molar-refractivity contribution is -0.126. The number of ether oxygens (including phenoxy) is 2. The van der Waals surface area contributed by atoms with E-state index in [0.717, 1.165) is 12.8 Å². The fraction of sp³-hybridized carbons (Fsp3) is 0.545. The Morgan fingerprint density at radius 2 is 1.94 bits per heavy atom. The minimum absolute atomic E-state index is 0.0335. The van der Waals surface area contributed by atoms with Crippen molar-refractivity contribution in [2.75, 3.05) is 19.0 Å². The molecule has 2 saturated heterocycles. The molecule has 1 aliphatic carbocycles. The van der Waals surface area contributed by atoms with Gasteiger partial charge in [0.25, 0.3) is 0 Å². The third-order valence-electron chi connectivity index (χ3n) is 10.6. The molecule has 3 aliphatic heterocycles. The van der Waals surface area contributed by atoms with Crippen LogP contribution in [0.3, 0.4) is 0 Å². The summed E-state index contributed by atoms with van der Waals surface area (Å²) in [5, 5.41) is 18.1. The van der Waals surface area contributed by atoms with Crippen molar-refractivity contribution in [3.8, 4) is 0 Å². The van der Waals surface area contributed by atoms with Crippen molar-refractivity contribution in [1.29, 1.82) is 0 Å². The lowest BCUT2D eigenvalue weighted by Crippen LogP contribution is -2.61. The van der Waals surface area contributed by atoms with E-state index in [4.69, 9.17) is 37.1 Å². The van der Waals surface area contributed by atoms with Crippen LogP contribution < -0.4 is 16.0 Å². The monoisotopic (exact) mass is 686 g/mol. The maximum Gasteiger partial charge on any atom is 0.245 e. The number of amides is 2. The molecule has 3 N–H and O–H groups in total. The molecule has 250 valence electrons. The number of hydrogen-bond donors (Lipinski definition) is 3. The molecule has 0 unspecified atom stereocenters. The molecule has 3 fully saturated rings. The van der Waals surface area contributed by atoms with E-state index in [0.29, 0.717) is 53.7 Å². The quantitative estimate of drug-likeness (QED) is 0.292. The van der Waals surface area contributed by atoms with Gasteiger partial charge in [-0.25, -0.2) is 9.37 Å². The van der Waals surface area contributed by atoms with Crippen molar-refractivity contribution >= 4 is 40.7 Å². The van der Waals surface area contributed by atoms with Gasteiger partial charge in [0, 0.05) is 35.5 Å². The van der Waals surface area contributed by atoms with E-state index in [-0.39, 0.29) is 47.2 Å². The Labute approximate surface area is 281 Å². The van der Waals surface area contributed by atoms with E-state index in [1.165, 1.54) is 12.3 Å². The zero-order valence-electron chi connectivity index (χ0n) is 26.4. The van der Waals surface area contributed by atoms with Gasteiger partial charge in [-0.05, 0) is 73.3 Å². The number of hydrogen-bond acceptors (Lipinski definition) is 9. The van der Waals surface area contributed by atoms with Crippen LogP contribution in [0.2, 0.25) is 10.2 Å². The fourth-order valence-electron chi connectivity index (χ4n) is 8.26. The molecule has 5 atom stereocenters. The van der Waals surface area contributed by atoms with E-state index in [2.05, 4.69) is 45.0 Å². The number of fused-ring (bicyclic) bond motifs is 3. The zero-order chi connectivity index (χ0) is 33.1. The lowest BCUT2D eigenvalue weighted by Gasteiger charge is -2.50. The molecule has 4 aliphatic rings. The summed E-state index contributed by atoms with van der Waals surface area (Å²) in [6.07, 6.45) is 4.93. The minimum Gasteiger partial charge on any atom is -0.420 e. The molecule has 11 nitrogen and oxygen atoms in total. The van der Waals surface area contributed by atoms with Gasteiger partial charge in [0.15, 0.2) is 11.0 Å². The van der Waals surface area contributed by atoms with Crippen molar-refractivity contribution in [1.82, 2.24) is 25.8 Å². The Bertz CT molecular complexity index is 1700. The van der Waals surface area contributed by atoms with Gasteiger partial charge in [-0.1, -0.05) is 43.1 Å². The molecule has 5 heterocycles. The molecule has 2 amide bonds. The van der Waals surface area contributed by atoms with Gasteiger partial charge in [-0.2, -0.15) is 0 Å². The number of pyridine rings is 1. The maximum atomic E-state index is 16.1. The third-order valence-corrected chi connectivity index (χ3v) is 11.1. The van der Waals surface area contributed by atoms with Crippen molar-refractivity contribution in [2.24, 2.45) is 5.41 Å². The standard InChI is InChI=1S/C33H37Cl2FN6O5/c1-31(2)9-11-32(12-10-31)33(20-6-4-17(34)14-21(20)39-30(33)44)24(19-8-13-37-27(35)25(19)36)26(40-32)28(43)38-18-5-7-22(46-15-18)29-42-41-23(47-29)16-45-3/h4,6,8,13-14,18,22,24,26,40H,5,7,9-12,15-16H2,1-3H3,(H,38,43)(H,39,44)/t18-,22+,24+,26-,33-/m1/s1. The SMILES string of the molecule is COCc1nnc([C@@H]2CC[C@@H](NC(=O)[C@@H]3NC4(CCC(C)(C)CC4)[C@@]4(C(=O)Nc5cc(Cl)ccc54)[C@H]3c3ccnc(Cl)c3F)CO2)o1. The molecule has 0 bridgehead atoms. The molecule has 7 rings (SSSR count). The Kier molecular flexibility index (Phi) is 8.31. The van der Waals surface area contributed by atoms with Crippen LogP contribution >= 0.6 is 23.2 Å². The zero-order valence-corrected chi connectivity index (χ0v) is 27.9. The predicted octanol–water partition coefficient (Wildman–Crippen LogP) is 5.38. The Balaban J connectivity index is 1.25. The number of benzene rings is 1. The summed E-state index contributed by atoms with van der Waals surface area (Å²) in [6, 6.07) is 5.48. The molecule has 0 radical (unpaired) electrons. The summed E-state index contributed by atoms with van der Waals surface area (Å²) in [5.74, 6) is -1.65. The van der Waals surface area contributed by atoms with E-state index in [1.807, 2.05) is 6.07 Å². The van der Waals surface area contributed by atoms with Gasteiger partial charge in [0.05, 0.1) is 18.7 Å². The Morgan fingerprint density at radius 1 is 1.15 bits per heavy atom. The van der Waals surface area contributed by atoms with Crippen molar-refractivity contribution < 1.29 is 27.9 Å². The van der Waals surface area contributed by atoms with Crippen LogP contribution in [0.5, 0.6) is 0 Å². The van der Waals surface area contributed by atoms with E-state index >= 15 is 4.39 Å². The second-order valence-electron chi connectivity index (χ2n) is 13.9. The summed E-state index contributed by atoms with van der Waals surface area (Å²) >= 11 is 12.6. The average molecular weight is 688 g/mol. The predicted molar refractivity (Wildman–Crippen MR) is 170 cm³/mol. The number of carbonyl (C=O) groups excluding carboxylic acids is 2. The fourth-order valence-corrected chi connectivity index (χ4v) is 8.59. The largest absolute Gasteiger partial charge is 0.420 e. The topological polar surface area (TPSA) is 140 Å². The molecule has 14 heteroatoms. The summed E-state index contributed by atoms with van der Waals surface area (Å²) in [5.41, 5.74) is -0.786. The highest BCUT2D eigenvalue weighted by atomic mass is 35.5. The van der Waals surface area contributed by atoms with E-state index < -0.39 is 34.8 Å². The van der Waals surface area contributed by atoms with E-state index in [9.17, 15) is 9.59 Å². The van der Waals surface area contributed by atoms with Crippen molar-refractivity contribution in [3.63, 3.8) is 0 Å². The number of carbonyl (C=O) groups is 2. The molecule has 2 spiro atoms. The number of rotatable bonds is 6. The first-order chi connectivity index (χ1) is 22.5. The Morgan fingerprint density at radius 3 is 2.66 bits per heavy atom. The van der Waals surface area contributed by atoms with Crippen LogP contribution in [0.1, 0.15) is 87.3 Å². The number of nitrogens with zero attached hydrogens (tertiary/aromatic N) is 3. The Hall–Kier alpha value is -3.16. The number of aromatic nitrogens is 3. The lowest BCUT2D eigenvalue weighted by atomic mass is 9.53. The third kappa shape index (κ3) is 5.32. The first kappa shape index (κ1) is 32.4. The molecule has 2 aromatic heterocycles. The molecular formula is C33H37Cl2FN6O5. The van der Waals surface area contributed by atoms with Crippen LogP contribution in [0, 0.1) is 11.2 Å². The summed E-state index contributed by atoms with van der Waals surface area (Å²) in [6.45, 7) is 4.82. The number of anilines is 1. The highest BCUT2D eigenvalue weighted by molar-refractivity contribution is 6.31. The second-order valence-corrected chi connectivity index (χ2v) is 14.7. The van der Waals surface area contributed by atoms with Crippen molar-refractivity contribution in [2.45, 2.75) is 94.0 Å². The minimum atomic E-state index is -1.34. The number of halogens is 3. The average Bonchev–Trinajstić information content (AvgIpc) is 3.71. The van der Waals surface area contributed by atoms with Crippen LogP contribution in [-0.2, 0) is 31.1 Å². The van der Waals surface area contributed by atoms with Crippen LogP contribution in [0.15, 0.2) is 34.9 Å². The smallest absolute Gasteiger partial charge is 0.245 e. The second kappa shape index (κ2) is 12.1. The first-order valence-electron chi connectivity index (χ1n) is 15.9. The van der Waals surface area contributed by atoms with Gasteiger partial charge in [0.1, 0.15) is 18.1 Å². The summed E-state index contributed by atoms with van der Waals surface area (Å²) < 4.78 is 32.9. The first-order valence-corrected chi connectivity index (χ1v) is 16.7. The highest BCUT2D eigenvalue weighted by Gasteiger charge is 2.73. The van der Waals surface area contributed by atoms with Crippen molar-refractivity contribution in [3.05, 3.63) is 69.4 Å². The van der Waals surface area contributed by atoms with Gasteiger partial charge in [-0.3, -0.25) is 14.9 Å².